The minimum absolute atomic E-state index is 0. The van der Waals surface area contributed by atoms with Crippen LogP contribution in [-0.4, -0.2) is 17.7 Å². The number of nitrogens with zero attached hydrogens (tertiary/aromatic N) is 2. The molecule has 0 aliphatic carbocycles. The zero-order valence-corrected chi connectivity index (χ0v) is 5.50. The third-order valence-electron chi connectivity index (χ3n) is 1.14. The van der Waals surface area contributed by atoms with E-state index in [4.69, 9.17) is 0 Å². The first kappa shape index (κ1) is 6.85. The highest BCUT2D eigenvalue weighted by Crippen LogP contribution is 2.04. The molecule has 0 saturated carbocycles. The number of hydrogen-bond acceptors (Lipinski definition) is 4. The molecule has 0 fully saturated rings. The molecule has 0 aromatic rings. The van der Waals surface area contributed by atoms with Crippen molar-refractivity contribution in [3.05, 3.63) is 0 Å². The van der Waals surface area contributed by atoms with Crippen LogP contribution in [0.25, 0.3) is 0 Å². The van der Waals surface area contributed by atoms with Crippen LogP contribution in [0.15, 0.2) is 10.3 Å². The van der Waals surface area contributed by atoms with Crippen molar-refractivity contribution in [3.63, 3.8) is 0 Å². The second kappa shape index (κ2) is 2.55. The maximum Gasteiger partial charge on any atom is 0.268 e. The summed E-state index contributed by atoms with van der Waals surface area (Å²) >= 11 is 0. The molecule has 0 saturated heterocycles. The van der Waals surface area contributed by atoms with Gasteiger partial charge in [0.2, 0.25) is 0 Å². The van der Waals surface area contributed by atoms with Crippen LogP contribution >= 0.6 is 0 Å². The van der Waals surface area contributed by atoms with Gasteiger partial charge >= 0.3 is 0 Å². The molecule has 1 rings (SSSR count). The van der Waals surface area contributed by atoms with Gasteiger partial charge in [0, 0.05) is 7.85 Å². The van der Waals surface area contributed by atoms with E-state index in [1.165, 1.54) is 6.92 Å². The average Bonchev–Trinajstić information content (AvgIpc) is 2.15. The highest BCUT2D eigenvalue weighted by atomic mass is 16.2. The molecule has 0 spiro atoms. The Morgan fingerprint density at radius 1 is 1.90 bits per heavy atom. The Labute approximate surface area is 59.0 Å². The van der Waals surface area contributed by atoms with Crippen molar-refractivity contribution in [2.75, 3.05) is 0 Å². The lowest BCUT2D eigenvalue weighted by Gasteiger charge is -1.96. The van der Waals surface area contributed by atoms with Crippen LogP contribution in [0.5, 0.6) is 0 Å². The summed E-state index contributed by atoms with van der Waals surface area (Å²) in [6, 6.07) is -0.586. The minimum Gasteiger partial charge on any atom is -0.300 e. The fourth-order valence-electron chi connectivity index (χ4n) is 0.681. The van der Waals surface area contributed by atoms with Crippen molar-refractivity contribution in [2.24, 2.45) is 10.3 Å². The summed E-state index contributed by atoms with van der Waals surface area (Å²) in [4.78, 5) is 21.1. The monoisotopic (exact) mass is 143 g/mol. The third-order valence-corrected chi connectivity index (χ3v) is 1.14. The summed E-state index contributed by atoms with van der Waals surface area (Å²) in [5.41, 5.74) is 2.14. The van der Waals surface area contributed by atoms with Crippen LogP contribution in [0.4, 0.5) is 0 Å². The maximum atomic E-state index is 10.7. The van der Waals surface area contributed by atoms with Gasteiger partial charge in [-0.1, -0.05) is 5.22 Å². The van der Waals surface area contributed by atoms with E-state index in [-0.39, 0.29) is 19.5 Å². The molecule has 0 radical (unpaired) electrons. The van der Waals surface area contributed by atoms with E-state index in [1.54, 1.807) is 0 Å². The lowest BCUT2D eigenvalue weighted by atomic mass is 10.1. The first-order chi connectivity index (χ1) is 4.70. The van der Waals surface area contributed by atoms with Crippen molar-refractivity contribution in [2.45, 2.75) is 19.4 Å². The molecule has 5 heteroatoms. The lowest BCUT2D eigenvalue weighted by Crippen LogP contribution is -2.24. The summed E-state index contributed by atoms with van der Waals surface area (Å²) in [5.74, 6) is -0.351. The summed E-state index contributed by atoms with van der Waals surface area (Å²) < 4.78 is 0. The number of amides is 1. The van der Waals surface area contributed by atoms with Crippen LogP contribution in [0, 0.1) is 0 Å². The van der Waals surface area contributed by atoms with E-state index in [0.29, 0.717) is 0 Å². The van der Waals surface area contributed by atoms with E-state index in [0.717, 1.165) is 0 Å². The third kappa shape index (κ3) is 1.37. The van der Waals surface area contributed by atoms with Gasteiger partial charge in [-0.15, -0.1) is 0 Å². The Bertz CT molecular complexity index is 204. The molecular formula is C5H9N3O2. The molecular weight excluding hydrogens is 134 g/mol. The number of hydrogen-bond donors (Lipinski definition) is 1. The first-order valence-electron chi connectivity index (χ1n) is 2.89. The number of Topliss-reactive ketones (excluding diaryl/α,β-unsaturated/α-hetero) is 1. The zero-order valence-electron chi connectivity index (χ0n) is 5.50. The number of carbonyl (C=O) groups excluding carboxylic acids is 2. The van der Waals surface area contributed by atoms with Gasteiger partial charge in [-0.3, -0.25) is 9.59 Å². The number of nitrogens with one attached hydrogen (secondary N) is 1. The summed E-state index contributed by atoms with van der Waals surface area (Å²) in [6.45, 7) is 1.42. The van der Waals surface area contributed by atoms with Crippen LogP contribution in [0.3, 0.4) is 0 Å². The molecule has 1 amide bonds. The SMILES string of the molecule is CC(=O)CC1N=NNC1=O.[HH]. The van der Waals surface area contributed by atoms with Crippen molar-refractivity contribution < 1.29 is 11.0 Å². The predicted octanol–water partition coefficient (Wildman–Crippen LogP) is 0.0771. The quantitative estimate of drug-likeness (QED) is 0.594. The molecule has 0 aromatic heterocycles. The van der Waals surface area contributed by atoms with E-state index in [2.05, 4.69) is 15.8 Å². The van der Waals surface area contributed by atoms with Gasteiger partial charge in [0.15, 0.2) is 6.04 Å². The Balaban J connectivity index is 0.000001000. The van der Waals surface area contributed by atoms with Crippen LogP contribution in [0.1, 0.15) is 14.8 Å². The van der Waals surface area contributed by atoms with Gasteiger partial charge in [-0.05, 0) is 6.92 Å². The molecule has 1 heterocycles. The van der Waals surface area contributed by atoms with Gasteiger partial charge in [-0.2, -0.15) is 5.11 Å². The van der Waals surface area contributed by atoms with Crippen molar-refractivity contribution >= 4 is 11.7 Å². The first-order valence-corrected chi connectivity index (χ1v) is 2.89. The molecule has 1 aliphatic heterocycles. The Morgan fingerprint density at radius 2 is 2.60 bits per heavy atom. The van der Waals surface area contributed by atoms with Crippen LogP contribution in [-0.2, 0) is 9.59 Å². The molecule has 5 nitrogen and oxygen atoms in total. The Hall–Kier alpha value is -1.26. The molecule has 56 valence electrons. The lowest BCUT2D eigenvalue weighted by molar-refractivity contribution is -0.124. The summed E-state index contributed by atoms with van der Waals surface area (Å²) in [5, 5.41) is 6.77. The highest BCUT2D eigenvalue weighted by Gasteiger charge is 2.23. The van der Waals surface area contributed by atoms with E-state index in [1.807, 2.05) is 0 Å². The molecule has 0 bridgehead atoms. The van der Waals surface area contributed by atoms with Gasteiger partial charge in [-0.25, -0.2) is 5.43 Å². The Morgan fingerprint density at radius 3 is 3.00 bits per heavy atom. The van der Waals surface area contributed by atoms with Crippen molar-refractivity contribution in [1.82, 2.24) is 5.43 Å². The summed E-state index contributed by atoms with van der Waals surface area (Å²) in [6.07, 6.45) is 0.148. The standard InChI is InChI=1S/C5H7N3O2.H2/c1-3(9)2-4-5(10)7-8-6-4;/h4H,2H2,1H3,(H,6,7,10);1H. The normalized spacial score (nSPS) is 22.9. The van der Waals surface area contributed by atoms with Gasteiger partial charge < -0.3 is 0 Å². The maximum absolute atomic E-state index is 10.7. The van der Waals surface area contributed by atoms with E-state index < -0.39 is 6.04 Å². The van der Waals surface area contributed by atoms with Crippen molar-refractivity contribution in [3.8, 4) is 0 Å². The number of rotatable bonds is 2. The zero-order chi connectivity index (χ0) is 7.56. The Kier molecular flexibility index (Phi) is 1.75. The van der Waals surface area contributed by atoms with Gasteiger partial charge in [0.1, 0.15) is 5.78 Å². The average molecular weight is 143 g/mol. The molecule has 1 aliphatic rings. The number of ketones is 1. The molecule has 1 N–H and O–H groups in total. The van der Waals surface area contributed by atoms with E-state index in [9.17, 15) is 9.59 Å². The largest absolute Gasteiger partial charge is 0.300 e. The minimum atomic E-state index is -0.586. The smallest absolute Gasteiger partial charge is 0.268 e. The topological polar surface area (TPSA) is 70.9 Å². The van der Waals surface area contributed by atoms with Crippen molar-refractivity contribution in [1.29, 1.82) is 0 Å². The van der Waals surface area contributed by atoms with Gasteiger partial charge in [0.05, 0.1) is 0 Å². The number of carbonyl (C=O) groups is 2. The second-order valence-corrected chi connectivity index (χ2v) is 2.11. The molecule has 0 aromatic carbocycles. The fourth-order valence-corrected chi connectivity index (χ4v) is 0.681. The highest BCUT2D eigenvalue weighted by molar-refractivity contribution is 5.88. The molecule has 1 unspecified atom stereocenters. The molecule has 1 atom stereocenters. The second-order valence-electron chi connectivity index (χ2n) is 2.11. The van der Waals surface area contributed by atoms with E-state index >= 15 is 0 Å². The predicted molar refractivity (Wildman–Crippen MR) is 34.2 cm³/mol. The van der Waals surface area contributed by atoms with Crippen LogP contribution in [0.2, 0.25) is 0 Å². The fraction of sp³-hybridized carbons (Fsp3) is 0.600. The summed E-state index contributed by atoms with van der Waals surface area (Å²) in [7, 11) is 0. The van der Waals surface area contributed by atoms with Gasteiger partial charge in [0.25, 0.3) is 5.91 Å². The van der Waals surface area contributed by atoms with Crippen LogP contribution < -0.4 is 5.43 Å². The molecule has 10 heavy (non-hydrogen) atoms.